The van der Waals surface area contributed by atoms with E-state index >= 15 is 0 Å². The smallest absolute Gasteiger partial charge is 0.337 e. The molecule has 0 spiro atoms. The minimum atomic E-state index is -0.470. The summed E-state index contributed by atoms with van der Waals surface area (Å²) in [6, 6.07) is 10.7. The van der Waals surface area contributed by atoms with Crippen LogP contribution in [0.2, 0.25) is 0 Å². The van der Waals surface area contributed by atoms with E-state index in [0.717, 1.165) is 5.56 Å². The third-order valence-corrected chi connectivity index (χ3v) is 3.21. The monoisotopic (exact) mass is 313 g/mol. The average Bonchev–Trinajstić information content (AvgIpc) is 2.55. The fourth-order valence-electron chi connectivity index (χ4n) is 1.92. The van der Waals surface area contributed by atoms with Crippen molar-refractivity contribution in [1.82, 2.24) is 0 Å². The third kappa shape index (κ3) is 4.51. The normalized spacial score (nSPS) is 10.6. The summed E-state index contributed by atoms with van der Waals surface area (Å²) in [6.45, 7) is 1.82. The Kier molecular flexibility index (Phi) is 5.25. The van der Waals surface area contributed by atoms with Crippen LogP contribution in [0.4, 0.5) is 10.1 Å². The van der Waals surface area contributed by atoms with Crippen molar-refractivity contribution in [2.24, 2.45) is 0 Å². The van der Waals surface area contributed by atoms with Gasteiger partial charge in [-0.25, -0.2) is 9.18 Å². The van der Waals surface area contributed by atoms with E-state index in [9.17, 15) is 14.0 Å². The second-order valence-corrected chi connectivity index (χ2v) is 4.90. The van der Waals surface area contributed by atoms with Gasteiger partial charge in [-0.3, -0.25) is 4.79 Å². The summed E-state index contributed by atoms with van der Waals surface area (Å²) < 4.78 is 17.5. The molecule has 0 atom stereocenters. The van der Waals surface area contributed by atoms with Crippen LogP contribution in [0.25, 0.3) is 6.08 Å². The number of rotatable bonds is 4. The summed E-state index contributed by atoms with van der Waals surface area (Å²) in [5.74, 6) is -1.15. The van der Waals surface area contributed by atoms with Crippen molar-refractivity contribution in [1.29, 1.82) is 0 Å². The fourth-order valence-corrected chi connectivity index (χ4v) is 1.92. The molecule has 0 saturated carbocycles. The summed E-state index contributed by atoms with van der Waals surface area (Å²) in [7, 11) is 1.30. The molecular weight excluding hydrogens is 297 g/mol. The van der Waals surface area contributed by atoms with E-state index < -0.39 is 5.97 Å². The lowest BCUT2D eigenvalue weighted by atomic mass is 10.1. The highest BCUT2D eigenvalue weighted by Gasteiger charge is 2.09. The van der Waals surface area contributed by atoms with E-state index in [-0.39, 0.29) is 11.7 Å². The van der Waals surface area contributed by atoms with Crippen LogP contribution in [0.3, 0.4) is 0 Å². The predicted molar refractivity (Wildman–Crippen MR) is 86.6 cm³/mol. The van der Waals surface area contributed by atoms with Gasteiger partial charge in [0.2, 0.25) is 5.91 Å². The van der Waals surface area contributed by atoms with Crippen molar-refractivity contribution >= 4 is 23.6 Å². The van der Waals surface area contributed by atoms with Gasteiger partial charge in [0.15, 0.2) is 0 Å². The number of methoxy groups -OCH3 is 1. The Balaban J connectivity index is 2.10. The van der Waals surface area contributed by atoms with Gasteiger partial charge in [0.05, 0.1) is 12.7 Å². The van der Waals surface area contributed by atoms with Gasteiger partial charge in [0.25, 0.3) is 0 Å². The molecule has 0 fully saturated rings. The number of benzene rings is 2. The summed E-state index contributed by atoms with van der Waals surface area (Å²) >= 11 is 0. The summed E-state index contributed by atoms with van der Waals surface area (Å²) in [6.07, 6.45) is 2.92. The molecule has 0 aromatic heterocycles. The number of halogens is 1. The number of hydrogen-bond donors (Lipinski definition) is 1. The molecule has 2 aromatic carbocycles. The molecule has 5 heteroatoms. The van der Waals surface area contributed by atoms with Crippen LogP contribution in [0, 0.1) is 12.7 Å². The predicted octanol–water partition coefficient (Wildman–Crippen LogP) is 3.57. The Morgan fingerprint density at radius 1 is 1.13 bits per heavy atom. The van der Waals surface area contributed by atoms with E-state index in [1.165, 1.54) is 25.3 Å². The highest BCUT2D eigenvalue weighted by Crippen LogP contribution is 2.17. The van der Waals surface area contributed by atoms with Crippen molar-refractivity contribution < 1.29 is 18.7 Å². The minimum absolute atomic E-state index is 0.332. The van der Waals surface area contributed by atoms with E-state index in [1.807, 2.05) is 6.92 Å². The molecule has 118 valence electrons. The maximum absolute atomic E-state index is 12.8. The Morgan fingerprint density at radius 3 is 2.48 bits per heavy atom. The first-order chi connectivity index (χ1) is 11.0. The molecular formula is C18H16FNO3. The number of carbonyl (C=O) groups is 2. The number of hydrogen-bond acceptors (Lipinski definition) is 3. The second-order valence-electron chi connectivity index (χ2n) is 4.90. The summed E-state index contributed by atoms with van der Waals surface area (Å²) in [5, 5.41) is 2.70. The van der Waals surface area contributed by atoms with Crippen LogP contribution < -0.4 is 5.32 Å². The van der Waals surface area contributed by atoms with Crippen molar-refractivity contribution in [2.75, 3.05) is 12.4 Å². The van der Waals surface area contributed by atoms with E-state index in [1.54, 1.807) is 36.4 Å². The number of ether oxygens (including phenoxy) is 1. The maximum Gasteiger partial charge on any atom is 0.337 e. The third-order valence-electron chi connectivity index (χ3n) is 3.21. The zero-order chi connectivity index (χ0) is 16.8. The molecule has 0 aliphatic heterocycles. The van der Waals surface area contributed by atoms with Gasteiger partial charge in [0, 0.05) is 11.8 Å². The van der Waals surface area contributed by atoms with Gasteiger partial charge in [-0.05, 0) is 48.4 Å². The number of nitrogens with one attached hydrogen (secondary N) is 1. The Morgan fingerprint density at radius 2 is 1.83 bits per heavy atom. The molecule has 0 radical (unpaired) electrons. The molecule has 1 amide bonds. The standard InChI is InChI=1S/C18H16FNO3/c1-12-3-7-14(18(22)23-2)11-16(12)20-17(21)10-6-13-4-8-15(19)9-5-13/h3-11H,1-2H3,(H,20,21)/b10-6+. The van der Waals surface area contributed by atoms with Crippen LogP contribution in [0.1, 0.15) is 21.5 Å². The second kappa shape index (κ2) is 7.35. The van der Waals surface area contributed by atoms with Gasteiger partial charge in [0.1, 0.15) is 5.82 Å². The molecule has 4 nitrogen and oxygen atoms in total. The molecule has 0 bridgehead atoms. The van der Waals surface area contributed by atoms with Gasteiger partial charge < -0.3 is 10.1 Å². The Hall–Kier alpha value is -2.95. The molecule has 1 N–H and O–H groups in total. The lowest BCUT2D eigenvalue weighted by Gasteiger charge is -2.08. The number of esters is 1. The number of aryl methyl sites for hydroxylation is 1. The van der Waals surface area contributed by atoms with E-state index in [0.29, 0.717) is 16.8 Å². The van der Waals surface area contributed by atoms with Crippen LogP contribution >= 0.6 is 0 Å². The van der Waals surface area contributed by atoms with Crippen molar-refractivity contribution in [3.05, 3.63) is 71.0 Å². The van der Waals surface area contributed by atoms with Crippen molar-refractivity contribution in [3.8, 4) is 0 Å². The highest BCUT2D eigenvalue weighted by atomic mass is 19.1. The first-order valence-corrected chi connectivity index (χ1v) is 6.93. The van der Waals surface area contributed by atoms with Crippen LogP contribution in [0.15, 0.2) is 48.5 Å². The van der Waals surface area contributed by atoms with E-state index in [2.05, 4.69) is 10.1 Å². The summed E-state index contributed by atoms with van der Waals surface area (Å²) in [4.78, 5) is 23.5. The van der Waals surface area contributed by atoms with Gasteiger partial charge >= 0.3 is 5.97 Å². The molecule has 0 aliphatic carbocycles. The Bertz CT molecular complexity index is 751. The quantitative estimate of drug-likeness (QED) is 0.693. The number of amides is 1. The van der Waals surface area contributed by atoms with Crippen LogP contribution in [-0.4, -0.2) is 19.0 Å². The summed E-state index contributed by atoms with van der Waals surface area (Å²) in [5.41, 5.74) is 2.42. The lowest BCUT2D eigenvalue weighted by Crippen LogP contribution is -2.10. The van der Waals surface area contributed by atoms with E-state index in [4.69, 9.17) is 0 Å². The van der Waals surface area contributed by atoms with Crippen molar-refractivity contribution in [2.45, 2.75) is 6.92 Å². The molecule has 0 heterocycles. The van der Waals surface area contributed by atoms with Gasteiger partial charge in [-0.15, -0.1) is 0 Å². The Labute approximate surface area is 133 Å². The molecule has 0 unspecified atom stereocenters. The minimum Gasteiger partial charge on any atom is -0.465 e. The van der Waals surface area contributed by atoms with Crippen LogP contribution in [-0.2, 0) is 9.53 Å². The molecule has 23 heavy (non-hydrogen) atoms. The molecule has 2 rings (SSSR count). The average molecular weight is 313 g/mol. The first kappa shape index (κ1) is 16.4. The topological polar surface area (TPSA) is 55.4 Å². The highest BCUT2D eigenvalue weighted by molar-refractivity contribution is 6.03. The van der Waals surface area contributed by atoms with Crippen molar-refractivity contribution in [3.63, 3.8) is 0 Å². The largest absolute Gasteiger partial charge is 0.465 e. The number of carbonyl (C=O) groups excluding carboxylic acids is 2. The molecule has 0 aliphatic rings. The number of anilines is 1. The molecule has 2 aromatic rings. The fraction of sp³-hybridized carbons (Fsp3) is 0.111. The zero-order valence-corrected chi connectivity index (χ0v) is 12.8. The first-order valence-electron chi connectivity index (χ1n) is 6.93. The maximum atomic E-state index is 12.8. The van der Waals surface area contributed by atoms with Crippen LogP contribution in [0.5, 0.6) is 0 Å². The molecule has 0 saturated heterocycles. The lowest BCUT2D eigenvalue weighted by molar-refractivity contribution is -0.111. The SMILES string of the molecule is COC(=O)c1ccc(C)c(NC(=O)/C=C/c2ccc(F)cc2)c1. The van der Waals surface area contributed by atoms with Gasteiger partial charge in [-0.2, -0.15) is 0 Å². The zero-order valence-electron chi connectivity index (χ0n) is 12.8. The van der Waals surface area contributed by atoms with Gasteiger partial charge in [-0.1, -0.05) is 18.2 Å².